The lowest BCUT2D eigenvalue weighted by molar-refractivity contribution is 0.882. The van der Waals surface area contributed by atoms with E-state index >= 15 is 0 Å². The van der Waals surface area contributed by atoms with Crippen molar-refractivity contribution in [3.8, 4) is 0 Å². The third-order valence-corrected chi connectivity index (χ3v) is 3.56. The molecule has 6 heavy (non-hydrogen) atoms. The maximum atomic E-state index is 2.26. The molecule has 0 rings (SSSR count). The molecule has 0 aliphatic heterocycles. The van der Waals surface area contributed by atoms with E-state index in [1.165, 1.54) is 22.6 Å². The second-order valence-corrected chi connectivity index (χ2v) is 5.39. The zero-order valence-corrected chi connectivity index (χ0v) is 7.85. The van der Waals surface area contributed by atoms with Gasteiger partial charge in [0.05, 0.1) is 0 Å². The standard InChI is InChI=1S/C4H13Si2/c1-2-3-4-6-5/h6H,2-4H2,1,5H3. The SMILES string of the molecule is CCCC[SiH][SiH3]. The van der Waals surface area contributed by atoms with E-state index < -0.39 is 0 Å². The van der Waals surface area contributed by atoms with Gasteiger partial charge < -0.3 is 0 Å². The third kappa shape index (κ3) is 4.43. The second-order valence-electron chi connectivity index (χ2n) is 1.55. The molecule has 1 radical (unpaired) electrons. The lowest BCUT2D eigenvalue weighted by Gasteiger charge is -1.85. The topological polar surface area (TPSA) is 0 Å². The highest BCUT2D eigenvalue weighted by Crippen LogP contribution is 1.89. The molecule has 0 aromatic rings. The molecule has 0 bridgehead atoms. The van der Waals surface area contributed by atoms with Crippen molar-refractivity contribution in [2.75, 3.05) is 0 Å². The Hall–Kier alpha value is 0.434. The van der Waals surface area contributed by atoms with Crippen molar-refractivity contribution >= 4 is 18.8 Å². The normalized spacial score (nSPS) is 9.50. The zero-order chi connectivity index (χ0) is 4.83. The largest absolute Gasteiger partial charge is 0.0654 e. The summed E-state index contributed by atoms with van der Waals surface area (Å²) in [5.74, 6) is 0. The Balaban J connectivity index is 2.34. The quantitative estimate of drug-likeness (QED) is 0.358. The van der Waals surface area contributed by atoms with Crippen molar-refractivity contribution in [3.05, 3.63) is 0 Å². The second kappa shape index (κ2) is 5.43. The fourth-order valence-electron chi connectivity index (χ4n) is 0.408. The van der Waals surface area contributed by atoms with Gasteiger partial charge >= 0.3 is 0 Å². The third-order valence-electron chi connectivity index (χ3n) is 0.846. The van der Waals surface area contributed by atoms with Gasteiger partial charge in [0.15, 0.2) is 0 Å². The zero-order valence-electron chi connectivity index (χ0n) is 4.70. The minimum Gasteiger partial charge on any atom is -0.0654 e. The minimum absolute atomic E-state index is 0.923. The van der Waals surface area contributed by atoms with Gasteiger partial charge in [-0.2, -0.15) is 0 Å². The van der Waals surface area contributed by atoms with Crippen LogP contribution in [0.2, 0.25) is 6.04 Å². The van der Waals surface area contributed by atoms with Crippen LogP contribution in [0.3, 0.4) is 0 Å². The van der Waals surface area contributed by atoms with Crippen LogP contribution in [0.25, 0.3) is 0 Å². The fraction of sp³-hybridized carbons (Fsp3) is 1.00. The molecule has 0 spiro atoms. The molecule has 0 aliphatic carbocycles. The van der Waals surface area contributed by atoms with E-state index in [0.717, 1.165) is 9.04 Å². The van der Waals surface area contributed by atoms with Crippen LogP contribution in [0.15, 0.2) is 0 Å². The minimum atomic E-state index is 0.923. The molecule has 0 saturated carbocycles. The van der Waals surface area contributed by atoms with Crippen molar-refractivity contribution in [2.24, 2.45) is 0 Å². The molecular formula is C4H13Si2. The van der Waals surface area contributed by atoms with Crippen LogP contribution in [-0.2, 0) is 0 Å². The molecule has 0 heterocycles. The highest BCUT2D eigenvalue weighted by Gasteiger charge is 1.76. The molecular weight excluding hydrogens is 104 g/mol. The molecule has 0 aromatic carbocycles. The van der Waals surface area contributed by atoms with Crippen molar-refractivity contribution in [1.82, 2.24) is 0 Å². The molecule has 0 atom stereocenters. The number of hydrogen-bond acceptors (Lipinski definition) is 0. The lowest BCUT2D eigenvalue weighted by atomic mass is 10.4. The van der Waals surface area contributed by atoms with E-state index in [9.17, 15) is 0 Å². The van der Waals surface area contributed by atoms with Gasteiger partial charge in [0, 0.05) is 9.04 Å². The Morgan fingerprint density at radius 2 is 2.33 bits per heavy atom. The van der Waals surface area contributed by atoms with E-state index in [4.69, 9.17) is 0 Å². The van der Waals surface area contributed by atoms with Crippen molar-refractivity contribution < 1.29 is 0 Å². The van der Waals surface area contributed by atoms with Gasteiger partial charge in [-0.15, -0.1) is 0 Å². The average molecular weight is 117 g/mol. The maximum Gasteiger partial charge on any atom is 0.00943 e. The van der Waals surface area contributed by atoms with Crippen LogP contribution in [0.5, 0.6) is 0 Å². The molecule has 0 saturated heterocycles. The fourth-order valence-corrected chi connectivity index (χ4v) is 2.45. The van der Waals surface area contributed by atoms with E-state index in [2.05, 4.69) is 6.92 Å². The molecule has 0 unspecified atom stereocenters. The van der Waals surface area contributed by atoms with E-state index in [1.807, 2.05) is 0 Å². The predicted molar refractivity (Wildman–Crippen MR) is 36.8 cm³/mol. The monoisotopic (exact) mass is 117 g/mol. The van der Waals surface area contributed by atoms with Crippen LogP contribution in [0.4, 0.5) is 0 Å². The summed E-state index contributed by atoms with van der Waals surface area (Å²) in [6.07, 6.45) is 2.88. The van der Waals surface area contributed by atoms with Crippen LogP contribution < -0.4 is 0 Å². The first-order chi connectivity index (χ1) is 2.91. The summed E-state index contributed by atoms with van der Waals surface area (Å²) in [7, 11) is 2.41. The van der Waals surface area contributed by atoms with Gasteiger partial charge in [0.2, 0.25) is 0 Å². The summed E-state index contributed by atoms with van der Waals surface area (Å²) >= 11 is 0. The van der Waals surface area contributed by atoms with Gasteiger partial charge in [0.25, 0.3) is 0 Å². The lowest BCUT2D eigenvalue weighted by Crippen LogP contribution is -1.84. The maximum absolute atomic E-state index is 2.26. The number of hydrogen-bond donors (Lipinski definition) is 0. The highest BCUT2D eigenvalue weighted by atomic mass is 29.1. The Kier molecular flexibility index (Phi) is 5.83. The highest BCUT2D eigenvalue weighted by molar-refractivity contribution is 6.89. The molecule has 0 aromatic heterocycles. The van der Waals surface area contributed by atoms with Gasteiger partial charge in [-0.05, 0) is 9.76 Å². The van der Waals surface area contributed by atoms with Crippen LogP contribution in [0, 0.1) is 0 Å². The molecule has 0 N–H and O–H groups in total. The first kappa shape index (κ1) is 6.43. The smallest absolute Gasteiger partial charge is 0.00943 e. The molecule has 37 valence electrons. The van der Waals surface area contributed by atoms with Gasteiger partial charge in [0.1, 0.15) is 0 Å². The predicted octanol–water partition coefficient (Wildman–Crippen LogP) is -0.0783. The van der Waals surface area contributed by atoms with Crippen LogP contribution in [0.1, 0.15) is 19.8 Å². The summed E-state index contributed by atoms with van der Waals surface area (Å²) in [5.41, 5.74) is 0. The molecule has 0 fully saturated rings. The number of rotatable bonds is 3. The van der Waals surface area contributed by atoms with E-state index in [0.29, 0.717) is 0 Å². The van der Waals surface area contributed by atoms with Crippen LogP contribution in [-0.4, -0.2) is 18.8 Å². The van der Waals surface area contributed by atoms with Crippen molar-refractivity contribution in [1.29, 1.82) is 0 Å². The van der Waals surface area contributed by atoms with Crippen molar-refractivity contribution in [3.63, 3.8) is 0 Å². The molecule has 0 nitrogen and oxygen atoms in total. The Labute approximate surface area is 45.4 Å². The summed E-state index contributed by atoms with van der Waals surface area (Å²) in [4.78, 5) is 0. The van der Waals surface area contributed by atoms with E-state index in [-0.39, 0.29) is 0 Å². The van der Waals surface area contributed by atoms with Crippen LogP contribution >= 0.6 is 0 Å². The summed E-state index contributed by atoms with van der Waals surface area (Å²) in [5, 5.41) is 0. The summed E-state index contributed by atoms with van der Waals surface area (Å²) in [6, 6.07) is 1.56. The van der Waals surface area contributed by atoms with Gasteiger partial charge in [-0.3, -0.25) is 0 Å². The molecule has 0 amide bonds. The summed E-state index contributed by atoms with van der Waals surface area (Å²) < 4.78 is 0. The first-order valence-electron chi connectivity index (χ1n) is 2.69. The van der Waals surface area contributed by atoms with Crippen molar-refractivity contribution in [2.45, 2.75) is 25.8 Å². The van der Waals surface area contributed by atoms with Gasteiger partial charge in [-0.1, -0.05) is 25.8 Å². The van der Waals surface area contributed by atoms with Gasteiger partial charge in [-0.25, -0.2) is 0 Å². The molecule has 0 aliphatic rings. The Morgan fingerprint density at radius 3 is 2.50 bits per heavy atom. The average Bonchev–Trinajstić information content (AvgIpc) is 1.61. The Morgan fingerprint density at radius 1 is 1.67 bits per heavy atom. The first-order valence-corrected chi connectivity index (χ1v) is 8.13. The summed E-state index contributed by atoms with van der Waals surface area (Å²) in [6.45, 7) is 2.26. The van der Waals surface area contributed by atoms with E-state index in [1.54, 1.807) is 6.04 Å². The Bertz CT molecular complexity index is 17.5. The number of unbranched alkanes of at least 4 members (excludes halogenated alkanes) is 1. The molecule has 2 heteroatoms.